The summed E-state index contributed by atoms with van der Waals surface area (Å²) < 4.78 is 7.07. The van der Waals surface area contributed by atoms with Gasteiger partial charge >= 0.3 is 0 Å². The van der Waals surface area contributed by atoms with Gasteiger partial charge in [0.1, 0.15) is 22.3 Å². The quantitative estimate of drug-likeness (QED) is 0.557. The van der Waals surface area contributed by atoms with Gasteiger partial charge in [-0.05, 0) is 36.4 Å². The monoisotopic (exact) mass is 379 g/mol. The predicted octanol–water partition coefficient (Wildman–Crippen LogP) is 2.83. The molecule has 0 atom stereocenters. The summed E-state index contributed by atoms with van der Waals surface area (Å²) in [6, 6.07) is 13.3. The molecule has 0 aliphatic rings. The summed E-state index contributed by atoms with van der Waals surface area (Å²) in [5.41, 5.74) is 2.16. The van der Waals surface area contributed by atoms with Crippen LogP contribution in [0.15, 0.2) is 54.0 Å². The number of thiazole rings is 1. The second-order valence-corrected chi connectivity index (χ2v) is 6.68. The van der Waals surface area contributed by atoms with Gasteiger partial charge in [0.05, 0.1) is 7.11 Å². The molecule has 0 aliphatic carbocycles. The Balaban J connectivity index is 1.38. The lowest BCUT2D eigenvalue weighted by atomic mass is 10.2. The Labute approximate surface area is 159 Å². The van der Waals surface area contributed by atoms with Gasteiger partial charge in [0.15, 0.2) is 5.65 Å². The van der Waals surface area contributed by atoms with Gasteiger partial charge in [-0.1, -0.05) is 6.07 Å². The maximum absolute atomic E-state index is 12.4. The van der Waals surface area contributed by atoms with Crippen LogP contribution in [0.4, 0.5) is 0 Å². The van der Waals surface area contributed by atoms with Gasteiger partial charge in [-0.3, -0.25) is 9.20 Å². The molecule has 3 aromatic heterocycles. The van der Waals surface area contributed by atoms with Gasteiger partial charge < -0.3 is 10.1 Å². The zero-order valence-corrected chi connectivity index (χ0v) is 15.4. The lowest BCUT2D eigenvalue weighted by Gasteiger charge is -2.03. The summed E-state index contributed by atoms with van der Waals surface area (Å²) in [5.74, 6) is 1.40. The van der Waals surface area contributed by atoms with Crippen molar-refractivity contribution in [1.82, 2.24) is 24.9 Å². The van der Waals surface area contributed by atoms with E-state index in [1.54, 1.807) is 12.5 Å². The van der Waals surface area contributed by atoms with Crippen LogP contribution in [0.3, 0.4) is 0 Å². The third kappa shape index (κ3) is 3.65. The second-order valence-electron chi connectivity index (χ2n) is 5.82. The topological polar surface area (TPSA) is 81.4 Å². The average Bonchev–Trinajstić information content (AvgIpc) is 3.36. The van der Waals surface area contributed by atoms with Crippen LogP contribution >= 0.6 is 11.3 Å². The third-order valence-electron chi connectivity index (χ3n) is 4.09. The number of ether oxygens (including phenoxy) is 1. The Morgan fingerprint density at radius 2 is 2.04 bits per heavy atom. The van der Waals surface area contributed by atoms with Crippen molar-refractivity contribution in [3.05, 3.63) is 65.6 Å². The number of carbonyl (C=O) groups excluding carboxylic acids is 1. The second kappa shape index (κ2) is 7.55. The van der Waals surface area contributed by atoms with Crippen molar-refractivity contribution in [2.75, 3.05) is 13.7 Å². The highest BCUT2D eigenvalue weighted by atomic mass is 32.1. The highest BCUT2D eigenvalue weighted by Gasteiger charge is 2.12. The number of pyridine rings is 1. The molecule has 136 valence electrons. The van der Waals surface area contributed by atoms with E-state index in [0.717, 1.165) is 27.8 Å². The fourth-order valence-corrected chi connectivity index (χ4v) is 3.49. The molecule has 0 unspecified atom stereocenters. The van der Waals surface area contributed by atoms with E-state index in [9.17, 15) is 4.79 Å². The molecule has 0 saturated heterocycles. The molecule has 0 saturated carbocycles. The summed E-state index contributed by atoms with van der Waals surface area (Å²) in [4.78, 5) is 16.8. The lowest BCUT2D eigenvalue weighted by molar-refractivity contribution is 0.0949. The van der Waals surface area contributed by atoms with Gasteiger partial charge in [0.2, 0.25) is 0 Å². The van der Waals surface area contributed by atoms with Crippen LogP contribution in [0.5, 0.6) is 5.75 Å². The Morgan fingerprint density at radius 3 is 2.85 bits per heavy atom. The van der Waals surface area contributed by atoms with Crippen LogP contribution in [-0.2, 0) is 6.42 Å². The molecule has 1 amide bonds. The molecule has 3 heterocycles. The summed E-state index contributed by atoms with van der Waals surface area (Å²) in [6.07, 6.45) is 2.50. The number of nitrogens with zero attached hydrogens (tertiary/aromatic N) is 4. The maximum Gasteiger partial charge on any atom is 0.270 e. The fraction of sp³-hybridized carbons (Fsp3) is 0.158. The molecule has 0 radical (unpaired) electrons. The first-order valence-electron chi connectivity index (χ1n) is 8.41. The van der Waals surface area contributed by atoms with E-state index in [2.05, 4.69) is 20.5 Å². The molecule has 8 heteroatoms. The zero-order valence-electron chi connectivity index (χ0n) is 14.6. The van der Waals surface area contributed by atoms with Crippen LogP contribution in [-0.4, -0.2) is 39.1 Å². The number of nitrogens with one attached hydrogen (secondary N) is 1. The molecule has 0 bridgehead atoms. The number of amides is 1. The Bertz CT molecular complexity index is 1070. The first-order valence-corrected chi connectivity index (χ1v) is 9.29. The first-order chi connectivity index (χ1) is 13.2. The Morgan fingerprint density at radius 1 is 1.19 bits per heavy atom. The predicted molar refractivity (Wildman–Crippen MR) is 103 cm³/mol. The normalized spacial score (nSPS) is 10.9. The van der Waals surface area contributed by atoms with Crippen LogP contribution in [0.1, 0.15) is 16.3 Å². The molecular formula is C19H17N5O2S. The summed E-state index contributed by atoms with van der Waals surface area (Å²) in [7, 11) is 1.63. The highest BCUT2D eigenvalue weighted by molar-refractivity contribution is 7.13. The minimum Gasteiger partial charge on any atom is -0.497 e. The van der Waals surface area contributed by atoms with Gasteiger partial charge in [0, 0.05) is 30.1 Å². The van der Waals surface area contributed by atoms with Crippen molar-refractivity contribution in [3.63, 3.8) is 0 Å². The number of rotatable bonds is 6. The first kappa shape index (κ1) is 17.2. The van der Waals surface area contributed by atoms with E-state index >= 15 is 0 Å². The minimum atomic E-state index is -0.195. The van der Waals surface area contributed by atoms with Crippen LogP contribution in [0, 0.1) is 0 Å². The van der Waals surface area contributed by atoms with Crippen molar-refractivity contribution >= 4 is 22.9 Å². The van der Waals surface area contributed by atoms with E-state index in [0.29, 0.717) is 18.7 Å². The van der Waals surface area contributed by atoms with Gasteiger partial charge in [-0.2, -0.15) is 0 Å². The van der Waals surface area contributed by atoms with Gasteiger partial charge in [0.25, 0.3) is 5.91 Å². The van der Waals surface area contributed by atoms with Crippen LogP contribution < -0.4 is 10.1 Å². The number of hydrogen-bond donors (Lipinski definition) is 1. The SMILES string of the molecule is COc1ccc(-c2nc(C(=O)NCCc3nnc4ccccn34)cs2)cc1. The van der Waals surface area contributed by atoms with E-state index in [4.69, 9.17) is 4.74 Å². The molecule has 7 nitrogen and oxygen atoms in total. The molecule has 0 spiro atoms. The van der Waals surface area contributed by atoms with E-state index in [-0.39, 0.29) is 5.91 Å². The Kier molecular flexibility index (Phi) is 4.80. The molecule has 27 heavy (non-hydrogen) atoms. The highest BCUT2D eigenvalue weighted by Crippen LogP contribution is 2.25. The van der Waals surface area contributed by atoms with E-state index in [1.165, 1.54) is 11.3 Å². The standard InChI is InChI=1S/C19H17N5O2S/c1-26-14-7-5-13(6-8-14)19-21-15(12-27-19)18(25)20-10-9-17-23-22-16-4-2-3-11-24(16)17/h2-8,11-12H,9-10H2,1H3,(H,20,25). The van der Waals surface area contributed by atoms with Crippen LogP contribution in [0.25, 0.3) is 16.2 Å². The van der Waals surface area contributed by atoms with Crippen molar-refractivity contribution in [2.24, 2.45) is 0 Å². The molecule has 4 rings (SSSR count). The van der Waals surface area contributed by atoms with E-state index < -0.39 is 0 Å². The summed E-state index contributed by atoms with van der Waals surface area (Å²) in [5, 5.41) is 13.7. The van der Waals surface area contributed by atoms with Crippen molar-refractivity contribution in [3.8, 4) is 16.3 Å². The van der Waals surface area contributed by atoms with Crippen LogP contribution in [0.2, 0.25) is 0 Å². The maximum atomic E-state index is 12.4. The number of benzene rings is 1. The fourth-order valence-electron chi connectivity index (χ4n) is 2.68. The van der Waals surface area contributed by atoms with Crippen molar-refractivity contribution < 1.29 is 9.53 Å². The number of carbonyl (C=O) groups is 1. The Hall–Kier alpha value is -3.26. The molecule has 1 N–H and O–H groups in total. The number of aromatic nitrogens is 4. The van der Waals surface area contributed by atoms with Gasteiger partial charge in [-0.25, -0.2) is 4.98 Å². The molecule has 0 fully saturated rings. The third-order valence-corrected chi connectivity index (χ3v) is 4.98. The zero-order chi connectivity index (χ0) is 18.6. The smallest absolute Gasteiger partial charge is 0.270 e. The van der Waals surface area contributed by atoms with Crippen molar-refractivity contribution in [1.29, 1.82) is 0 Å². The summed E-state index contributed by atoms with van der Waals surface area (Å²) >= 11 is 1.44. The molecule has 4 aromatic rings. The molecule has 1 aromatic carbocycles. The minimum absolute atomic E-state index is 0.195. The molecular weight excluding hydrogens is 362 g/mol. The largest absolute Gasteiger partial charge is 0.497 e. The lowest BCUT2D eigenvalue weighted by Crippen LogP contribution is -2.26. The summed E-state index contributed by atoms with van der Waals surface area (Å²) in [6.45, 7) is 0.462. The number of hydrogen-bond acceptors (Lipinski definition) is 6. The average molecular weight is 379 g/mol. The van der Waals surface area contributed by atoms with E-state index in [1.807, 2.05) is 53.1 Å². The van der Waals surface area contributed by atoms with Crippen molar-refractivity contribution in [2.45, 2.75) is 6.42 Å². The number of methoxy groups -OCH3 is 1. The molecule has 0 aliphatic heterocycles. The van der Waals surface area contributed by atoms with Gasteiger partial charge in [-0.15, -0.1) is 21.5 Å². The number of fused-ring (bicyclic) bond motifs is 1.